The van der Waals surface area contributed by atoms with E-state index in [1.54, 1.807) is 0 Å². The summed E-state index contributed by atoms with van der Waals surface area (Å²) in [4.78, 5) is 23.1. The van der Waals surface area contributed by atoms with Crippen molar-refractivity contribution in [3.8, 4) is 11.5 Å². The van der Waals surface area contributed by atoms with Crippen molar-refractivity contribution in [3.63, 3.8) is 0 Å². The maximum absolute atomic E-state index is 12.0. The number of aromatic carboxylic acids is 1. The normalized spacial score (nSPS) is 14.2. The Hall–Kier alpha value is -2.24. The predicted molar refractivity (Wildman–Crippen MR) is 77.1 cm³/mol. The Balaban J connectivity index is 2.24. The molecule has 1 aromatic carbocycles. The molecular formula is C15H19NO5. The molecule has 0 unspecified atom stereocenters. The van der Waals surface area contributed by atoms with E-state index in [1.807, 2.05) is 0 Å². The van der Waals surface area contributed by atoms with Gasteiger partial charge >= 0.3 is 5.97 Å². The summed E-state index contributed by atoms with van der Waals surface area (Å²) in [5.74, 6) is -0.200. The van der Waals surface area contributed by atoms with Gasteiger partial charge in [0.2, 0.25) is 5.91 Å². The van der Waals surface area contributed by atoms with Crippen LogP contribution < -0.4 is 14.8 Å². The first-order valence-corrected chi connectivity index (χ1v) is 6.84. The molecule has 1 aromatic rings. The summed E-state index contributed by atoms with van der Waals surface area (Å²) in [5.41, 5.74) is 0.352. The maximum Gasteiger partial charge on any atom is 0.335 e. The zero-order chi connectivity index (χ0) is 15.4. The fraction of sp³-hybridized carbons (Fsp3) is 0.467. The van der Waals surface area contributed by atoms with Gasteiger partial charge in [0, 0.05) is 6.42 Å². The molecule has 1 aliphatic rings. The van der Waals surface area contributed by atoms with E-state index in [2.05, 4.69) is 5.32 Å². The first-order valence-electron chi connectivity index (χ1n) is 6.84. The van der Waals surface area contributed by atoms with Crippen molar-refractivity contribution in [1.82, 2.24) is 0 Å². The lowest BCUT2D eigenvalue weighted by atomic mass is 9.83. The molecule has 6 nitrogen and oxygen atoms in total. The van der Waals surface area contributed by atoms with Crippen LogP contribution in [-0.2, 0) is 4.79 Å². The molecule has 114 valence electrons. The number of hydrogen-bond donors (Lipinski definition) is 2. The van der Waals surface area contributed by atoms with Crippen molar-refractivity contribution in [3.05, 3.63) is 17.7 Å². The van der Waals surface area contributed by atoms with E-state index in [-0.39, 0.29) is 17.2 Å². The van der Waals surface area contributed by atoms with Gasteiger partial charge in [0.05, 0.1) is 25.5 Å². The Bertz CT molecular complexity index is 551. The zero-order valence-corrected chi connectivity index (χ0v) is 12.1. The van der Waals surface area contributed by atoms with Crippen molar-refractivity contribution >= 4 is 17.6 Å². The van der Waals surface area contributed by atoms with Crippen LogP contribution in [0.15, 0.2) is 12.1 Å². The summed E-state index contributed by atoms with van der Waals surface area (Å²) in [6.07, 6.45) is 3.76. The average Bonchev–Trinajstić information content (AvgIpc) is 2.41. The number of hydrogen-bond acceptors (Lipinski definition) is 4. The van der Waals surface area contributed by atoms with Crippen LogP contribution in [0, 0.1) is 5.92 Å². The number of carbonyl (C=O) groups excluding carboxylic acids is 1. The summed E-state index contributed by atoms with van der Waals surface area (Å²) in [6.45, 7) is 0. The smallest absolute Gasteiger partial charge is 0.335 e. The summed E-state index contributed by atoms with van der Waals surface area (Å²) < 4.78 is 10.3. The molecule has 0 aromatic heterocycles. The molecule has 21 heavy (non-hydrogen) atoms. The highest BCUT2D eigenvalue weighted by Crippen LogP contribution is 2.37. The molecule has 0 aliphatic heterocycles. The number of nitrogens with one attached hydrogen (secondary N) is 1. The van der Waals surface area contributed by atoms with Crippen molar-refractivity contribution < 1.29 is 24.2 Å². The number of benzene rings is 1. The summed E-state index contributed by atoms with van der Waals surface area (Å²) in [5, 5.41) is 11.8. The van der Waals surface area contributed by atoms with Gasteiger partial charge in [-0.15, -0.1) is 0 Å². The maximum atomic E-state index is 12.0. The number of carboxylic acids is 1. The first kappa shape index (κ1) is 15.2. The molecular weight excluding hydrogens is 274 g/mol. The number of rotatable bonds is 6. The third kappa shape index (κ3) is 3.45. The van der Waals surface area contributed by atoms with E-state index < -0.39 is 5.97 Å². The van der Waals surface area contributed by atoms with Gasteiger partial charge in [0.25, 0.3) is 0 Å². The van der Waals surface area contributed by atoms with Gasteiger partial charge in [0.15, 0.2) is 11.5 Å². The van der Waals surface area contributed by atoms with Crippen LogP contribution in [0.3, 0.4) is 0 Å². The monoisotopic (exact) mass is 293 g/mol. The molecule has 0 bridgehead atoms. The van der Waals surface area contributed by atoms with Crippen molar-refractivity contribution in [2.75, 3.05) is 19.5 Å². The lowest BCUT2D eigenvalue weighted by Crippen LogP contribution is -2.21. The topological polar surface area (TPSA) is 84.9 Å². The largest absolute Gasteiger partial charge is 0.493 e. The van der Waals surface area contributed by atoms with Crippen LogP contribution >= 0.6 is 0 Å². The molecule has 6 heteroatoms. The van der Waals surface area contributed by atoms with Gasteiger partial charge in [-0.1, -0.05) is 6.42 Å². The number of amides is 1. The second-order valence-corrected chi connectivity index (χ2v) is 5.11. The highest BCUT2D eigenvalue weighted by Gasteiger charge is 2.22. The Kier molecular flexibility index (Phi) is 4.67. The lowest BCUT2D eigenvalue weighted by molar-refractivity contribution is -0.117. The van der Waals surface area contributed by atoms with Gasteiger partial charge in [-0.3, -0.25) is 4.79 Å². The molecule has 1 amide bonds. The van der Waals surface area contributed by atoms with Crippen LogP contribution in [0.25, 0.3) is 0 Å². The summed E-state index contributed by atoms with van der Waals surface area (Å²) in [7, 11) is 2.86. The molecule has 2 rings (SSSR count). The van der Waals surface area contributed by atoms with E-state index in [9.17, 15) is 9.59 Å². The van der Waals surface area contributed by atoms with Gasteiger partial charge in [-0.25, -0.2) is 4.79 Å². The van der Waals surface area contributed by atoms with Gasteiger partial charge in [-0.2, -0.15) is 0 Å². The zero-order valence-electron chi connectivity index (χ0n) is 12.1. The number of carboxylic acid groups (broad SMARTS) is 1. The minimum atomic E-state index is -1.09. The highest BCUT2D eigenvalue weighted by molar-refractivity contribution is 5.96. The Morgan fingerprint density at radius 3 is 2.48 bits per heavy atom. The molecule has 0 radical (unpaired) electrons. The molecule has 1 saturated carbocycles. The number of ether oxygens (including phenoxy) is 2. The van der Waals surface area contributed by atoms with Gasteiger partial charge in [0.1, 0.15) is 0 Å². The molecule has 0 saturated heterocycles. The van der Waals surface area contributed by atoms with Gasteiger partial charge in [-0.05, 0) is 30.9 Å². The lowest BCUT2D eigenvalue weighted by Gasteiger charge is -2.24. The summed E-state index contributed by atoms with van der Waals surface area (Å²) in [6, 6.07) is 2.74. The second kappa shape index (κ2) is 6.47. The van der Waals surface area contributed by atoms with Crippen LogP contribution in [-0.4, -0.2) is 31.2 Å². The van der Waals surface area contributed by atoms with Crippen molar-refractivity contribution in [1.29, 1.82) is 0 Å². The minimum absolute atomic E-state index is 0.0339. The molecule has 0 atom stereocenters. The second-order valence-electron chi connectivity index (χ2n) is 5.11. The standard InChI is InChI=1S/C15H19NO5/c1-20-12-8-10(15(18)19)7-11(14(12)21-2)16-13(17)6-9-4-3-5-9/h7-9H,3-6H2,1-2H3,(H,16,17)(H,18,19). The van der Waals surface area contributed by atoms with Gasteiger partial charge < -0.3 is 19.9 Å². The van der Waals surface area contributed by atoms with Crippen molar-refractivity contribution in [2.45, 2.75) is 25.7 Å². The summed E-state index contributed by atoms with van der Waals surface area (Å²) >= 11 is 0. The molecule has 0 heterocycles. The predicted octanol–water partition coefficient (Wildman–Crippen LogP) is 2.53. The third-order valence-electron chi connectivity index (χ3n) is 3.70. The fourth-order valence-electron chi connectivity index (χ4n) is 2.34. The average molecular weight is 293 g/mol. The molecule has 1 aliphatic carbocycles. The number of methoxy groups -OCH3 is 2. The number of carbonyl (C=O) groups is 2. The van der Waals surface area contributed by atoms with E-state index >= 15 is 0 Å². The Morgan fingerprint density at radius 1 is 1.29 bits per heavy atom. The Labute approximate surface area is 123 Å². The van der Waals surface area contributed by atoms with E-state index in [0.717, 1.165) is 12.8 Å². The minimum Gasteiger partial charge on any atom is -0.493 e. The quantitative estimate of drug-likeness (QED) is 0.842. The highest BCUT2D eigenvalue weighted by atomic mass is 16.5. The van der Waals surface area contributed by atoms with E-state index in [0.29, 0.717) is 23.8 Å². The fourth-order valence-corrected chi connectivity index (χ4v) is 2.34. The molecule has 2 N–H and O–H groups in total. The van der Waals surface area contributed by atoms with Crippen LogP contribution in [0.4, 0.5) is 5.69 Å². The van der Waals surface area contributed by atoms with Crippen LogP contribution in [0.1, 0.15) is 36.0 Å². The van der Waals surface area contributed by atoms with E-state index in [4.69, 9.17) is 14.6 Å². The first-order chi connectivity index (χ1) is 10.0. The van der Waals surface area contributed by atoms with Crippen LogP contribution in [0.2, 0.25) is 0 Å². The van der Waals surface area contributed by atoms with Crippen LogP contribution in [0.5, 0.6) is 11.5 Å². The Morgan fingerprint density at radius 2 is 2.00 bits per heavy atom. The molecule has 0 spiro atoms. The van der Waals surface area contributed by atoms with Crippen molar-refractivity contribution in [2.24, 2.45) is 5.92 Å². The number of anilines is 1. The third-order valence-corrected chi connectivity index (χ3v) is 3.70. The van der Waals surface area contributed by atoms with E-state index in [1.165, 1.54) is 32.8 Å². The SMILES string of the molecule is COc1cc(C(=O)O)cc(NC(=O)CC2CCC2)c1OC. The molecule has 1 fully saturated rings.